The second kappa shape index (κ2) is 9.01. The molecule has 0 aliphatic carbocycles. The van der Waals surface area contributed by atoms with E-state index in [1.54, 1.807) is 23.0 Å². The van der Waals surface area contributed by atoms with Crippen molar-refractivity contribution in [2.45, 2.75) is 33.6 Å². The second-order valence-electron chi connectivity index (χ2n) is 7.58. The van der Waals surface area contributed by atoms with Crippen LogP contribution < -0.4 is 10.9 Å². The monoisotopic (exact) mass is 427 g/mol. The highest BCUT2D eigenvalue weighted by Gasteiger charge is 2.17. The van der Waals surface area contributed by atoms with Crippen LogP contribution in [0, 0.1) is 6.92 Å². The quantitative estimate of drug-likeness (QED) is 0.480. The van der Waals surface area contributed by atoms with Crippen molar-refractivity contribution in [3.8, 4) is 17.1 Å². The smallest absolute Gasteiger partial charge is 0.259 e. The summed E-state index contributed by atoms with van der Waals surface area (Å²) in [4.78, 5) is 32.2. The normalized spacial score (nSPS) is 10.8. The molecule has 0 saturated heterocycles. The molecule has 4 rings (SSSR count). The van der Waals surface area contributed by atoms with Crippen molar-refractivity contribution in [1.82, 2.24) is 19.7 Å². The van der Waals surface area contributed by atoms with Gasteiger partial charge in [-0.3, -0.25) is 9.59 Å². The SMILES string of the molecule is CCc1cc(=O)[nH]c(-c2cccc(NC(=O)c3cnn(-c4ccc(C)cc4)c3CC)c2)n1. The van der Waals surface area contributed by atoms with Gasteiger partial charge in [-0.2, -0.15) is 5.10 Å². The number of nitrogens with zero attached hydrogens (tertiary/aromatic N) is 3. The summed E-state index contributed by atoms with van der Waals surface area (Å²) in [7, 11) is 0. The molecule has 0 saturated carbocycles. The van der Waals surface area contributed by atoms with Gasteiger partial charge in [-0.1, -0.05) is 43.7 Å². The van der Waals surface area contributed by atoms with Crippen molar-refractivity contribution in [3.05, 3.63) is 93.7 Å². The molecule has 4 aromatic rings. The number of hydrogen-bond acceptors (Lipinski definition) is 4. The second-order valence-corrected chi connectivity index (χ2v) is 7.58. The number of H-pyrrole nitrogens is 1. The van der Waals surface area contributed by atoms with E-state index >= 15 is 0 Å². The molecule has 32 heavy (non-hydrogen) atoms. The lowest BCUT2D eigenvalue weighted by atomic mass is 10.1. The number of aromatic amines is 1. The minimum atomic E-state index is -0.235. The van der Waals surface area contributed by atoms with E-state index in [0.717, 1.165) is 22.5 Å². The van der Waals surface area contributed by atoms with Crippen molar-refractivity contribution in [3.63, 3.8) is 0 Å². The maximum Gasteiger partial charge on any atom is 0.259 e. The average molecular weight is 428 g/mol. The summed E-state index contributed by atoms with van der Waals surface area (Å²) in [5.74, 6) is 0.244. The van der Waals surface area contributed by atoms with Gasteiger partial charge in [-0.15, -0.1) is 0 Å². The van der Waals surface area contributed by atoms with E-state index in [-0.39, 0.29) is 11.5 Å². The van der Waals surface area contributed by atoms with E-state index in [9.17, 15) is 9.59 Å². The molecule has 0 bridgehead atoms. The maximum atomic E-state index is 13.1. The highest BCUT2D eigenvalue weighted by Crippen LogP contribution is 2.21. The van der Waals surface area contributed by atoms with E-state index in [1.807, 2.05) is 57.2 Å². The standard InChI is InChI=1S/C25H25N5O2/c1-4-18-14-23(31)29-24(27-18)17-7-6-8-19(13-17)28-25(32)21-15-26-30(22(21)5-2)20-11-9-16(3)10-12-20/h6-15H,4-5H2,1-3H3,(H,28,32)(H,27,29,31). The van der Waals surface area contributed by atoms with Crippen molar-refractivity contribution >= 4 is 11.6 Å². The molecule has 0 unspecified atom stereocenters. The Labute approximate surface area is 186 Å². The zero-order valence-electron chi connectivity index (χ0n) is 18.3. The number of amides is 1. The van der Waals surface area contributed by atoms with Gasteiger partial charge in [0.05, 0.1) is 23.1 Å². The predicted octanol–water partition coefficient (Wildman–Crippen LogP) is 4.31. The molecule has 0 aliphatic heterocycles. The first kappa shape index (κ1) is 21.2. The fourth-order valence-electron chi connectivity index (χ4n) is 3.58. The molecule has 2 N–H and O–H groups in total. The van der Waals surface area contributed by atoms with Gasteiger partial charge in [0.15, 0.2) is 0 Å². The van der Waals surface area contributed by atoms with Gasteiger partial charge in [0, 0.05) is 23.0 Å². The highest BCUT2D eigenvalue weighted by molar-refractivity contribution is 6.05. The minimum absolute atomic E-state index is 0.197. The van der Waals surface area contributed by atoms with E-state index < -0.39 is 0 Å². The largest absolute Gasteiger partial charge is 0.322 e. The first-order valence-electron chi connectivity index (χ1n) is 10.6. The summed E-state index contributed by atoms with van der Waals surface area (Å²) in [5.41, 5.74) is 5.30. The Kier molecular flexibility index (Phi) is 5.98. The van der Waals surface area contributed by atoms with E-state index in [2.05, 4.69) is 20.4 Å². The van der Waals surface area contributed by atoms with Gasteiger partial charge in [0.2, 0.25) is 0 Å². The van der Waals surface area contributed by atoms with Gasteiger partial charge in [0.25, 0.3) is 11.5 Å². The Balaban J connectivity index is 1.61. The van der Waals surface area contributed by atoms with Gasteiger partial charge in [-0.25, -0.2) is 9.67 Å². The van der Waals surface area contributed by atoms with Crippen molar-refractivity contribution < 1.29 is 4.79 Å². The maximum absolute atomic E-state index is 13.1. The average Bonchev–Trinajstić information content (AvgIpc) is 3.23. The minimum Gasteiger partial charge on any atom is -0.322 e. The third-order valence-electron chi connectivity index (χ3n) is 5.28. The van der Waals surface area contributed by atoms with E-state index in [1.165, 1.54) is 6.07 Å². The van der Waals surface area contributed by atoms with Crippen LogP contribution in [0.15, 0.2) is 65.6 Å². The first-order chi connectivity index (χ1) is 15.5. The van der Waals surface area contributed by atoms with Crippen LogP contribution in [0.1, 0.15) is 41.2 Å². The van der Waals surface area contributed by atoms with Crippen LogP contribution in [0.2, 0.25) is 0 Å². The van der Waals surface area contributed by atoms with E-state index in [0.29, 0.717) is 35.6 Å². The molecular formula is C25H25N5O2. The number of anilines is 1. The molecule has 2 aromatic heterocycles. The van der Waals surface area contributed by atoms with Gasteiger partial charge in [0.1, 0.15) is 5.82 Å². The lowest BCUT2D eigenvalue weighted by molar-refractivity contribution is 0.102. The molecule has 162 valence electrons. The number of hydrogen-bond donors (Lipinski definition) is 2. The predicted molar refractivity (Wildman–Crippen MR) is 125 cm³/mol. The Bertz CT molecular complexity index is 1320. The van der Waals surface area contributed by atoms with Crippen LogP contribution in [0.5, 0.6) is 0 Å². The summed E-state index contributed by atoms with van der Waals surface area (Å²) in [6.45, 7) is 5.98. The number of benzene rings is 2. The summed E-state index contributed by atoms with van der Waals surface area (Å²) < 4.78 is 1.80. The van der Waals surface area contributed by atoms with Gasteiger partial charge in [-0.05, 0) is 44.0 Å². The Morgan fingerprint density at radius 1 is 1.06 bits per heavy atom. The summed E-state index contributed by atoms with van der Waals surface area (Å²) in [5, 5.41) is 7.40. The summed E-state index contributed by atoms with van der Waals surface area (Å²) >= 11 is 0. The molecule has 0 radical (unpaired) electrons. The van der Waals surface area contributed by atoms with Crippen LogP contribution in [0.3, 0.4) is 0 Å². The van der Waals surface area contributed by atoms with Crippen molar-refractivity contribution in [1.29, 1.82) is 0 Å². The third-order valence-corrected chi connectivity index (χ3v) is 5.28. The van der Waals surface area contributed by atoms with Crippen LogP contribution >= 0.6 is 0 Å². The molecule has 0 spiro atoms. The lowest BCUT2D eigenvalue weighted by Gasteiger charge is -2.10. The topological polar surface area (TPSA) is 92.7 Å². The van der Waals surface area contributed by atoms with Crippen LogP contribution in [0.4, 0.5) is 5.69 Å². The Morgan fingerprint density at radius 2 is 1.84 bits per heavy atom. The molecule has 0 aliphatic rings. The zero-order chi connectivity index (χ0) is 22.7. The summed E-state index contributed by atoms with van der Waals surface area (Å²) in [6, 6.07) is 16.8. The van der Waals surface area contributed by atoms with Crippen molar-refractivity contribution in [2.24, 2.45) is 0 Å². The van der Waals surface area contributed by atoms with Crippen molar-refractivity contribution in [2.75, 3.05) is 5.32 Å². The number of aromatic nitrogens is 4. The number of nitrogens with one attached hydrogen (secondary N) is 2. The van der Waals surface area contributed by atoms with Crippen LogP contribution in [0.25, 0.3) is 17.1 Å². The number of aryl methyl sites for hydroxylation is 2. The number of carbonyl (C=O) groups is 1. The zero-order valence-corrected chi connectivity index (χ0v) is 18.3. The molecular weight excluding hydrogens is 402 g/mol. The lowest BCUT2D eigenvalue weighted by Crippen LogP contribution is -2.14. The Morgan fingerprint density at radius 3 is 2.56 bits per heavy atom. The summed E-state index contributed by atoms with van der Waals surface area (Å²) in [6.07, 6.45) is 2.92. The molecule has 2 aromatic carbocycles. The molecule has 2 heterocycles. The number of carbonyl (C=O) groups excluding carboxylic acids is 1. The highest BCUT2D eigenvalue weighted by atomic mass is 16.1. The van der Waals surface area contributed by atoms with E-state index in [4.69, 9.17) is 0 Å². The molecule has 1 amide bonds. The molecule has 7 heteroatoms. The number of rotatable bonds is 6. The fraction of sp³-hybridized carbons (Fsp3) is 0.200. The Hall–Kier alpha value is -4.00. The first-order valence-corrected chi connectivity index (χ1v) is 10.6. The van der Waals surface area contributed by atoms with Gasteiger partial charge >= 0.3 is 0 Å². The molecule has 0 atom stereocenters. The fourth-order valence-corrected chi connectivity index (χ4v) is 3.58. The molecule has 7 nitrogen and oxygen atoms in total. The van der Waals surface area contributed by atoms with Crippen LogP contribution in [-0.4, -0.2) is 25.7 Å². The third kappa shape index (κ3) is 4.37. The van der Waals surface area contributed by atoms with Crippen LogP contribution in [-0.2, 0) is 12.8 Å². The van der Waals surface area contributed by atoms with Gasteiger partial charge < -0.3 is 10.3 Å². The molecule has 0 fully saturated rings.